The summed E-state index contributed by atoms with van der Waals surface area (Å²) in [6.45, 7) is 0.178. The van der Waals surface area contributed by atoms with E-state index in [1.165, 1.54) is 0 Å². The van der Waals surface area contributed by atoms with Crippen LogP contribution in [-0.4, -0.2) is 29.8 Å². The maximum absolute atomic E-state index is 12.4. The van der Waals surface area contributed by atoms with Crippen molar-refractivity contribution >= 4 is 5.97 Å². The van der Waals surface area contributed by atoms with Crippen LogP contribution in [-0.2, 0) is 4.79 Å². The largest absolute Gasteiger partial charge is 0.480 e. The second-order valence-electron chi connectivity index (χ2n) is 2.47. The second-order valence-corrected chi connectivity index (χ2v) is 2.47. The van der Waals surface area contributed by atoms with Gasteiger partial charge in [0.2, 0.25) is 0 Å². The average Bonchev–Trinajstić information content (AvgIpc) is 1.88. The molecule has 0 spiro atoms. The lowest BCUT2D eigenvalue weighted by Gasteiger charge is -2.22. The van der Waals surface area contributed by atoms with Crippen molar-refractivity contribution in [2.24, 2.45) is 0 Å². The molecule has 2 atom stereocenters. The van der Waals surface area contributed by atoms with E-state index in [4.69, 9.17) is 5.11 Å². The third kappa shape index (κ3) is 1.67. The molecule has 4 heteroatoms. The highest BCUT2D eigenvalue weighted by molar-refractivity contribution is 5.73. The highest BCUT2D eigenvalue weighted by atomic mass is 19.1. The maximum atomic E-state index is 12.4. The standard InChI is InChI=1S/C6H10FNO2/c7-4-1-2-5(6(9)10)8-3-4/h4-5,8H,1-3H2,(H,9,10)/t4-,5+/m1/s1. The fourth-order valence-electron chi connectivity index (χ4n) is 1.03. The monoisotopic (exact) mass is 147 g/mol. The Balaban J connectivity index is 2.33. The Hall–Kier alpha value is -0.640. The van der Waals surface area contributed by atoms with Gasteiger partial charge in [0.25, 0.3) is 0 Å². The SMILES string of the molecule is O=C(O)[C@@H]1CC[C@@H](F)CN1. The van der Waals surface area contributed by atoms with E-state index in [0.717, 1.165) is 0 Å². The van der Waals surface area contributed by atoms with E-state index in [-0.39, 0.29) is 6.54 Å². The first-order valence-electron chi connectivity index (χ1n) is 3.30. The predicted molar refractivity (Wildman–Crippen MR) is 33.6 cm³/mol. The molecule has 58 valence electrons. The summed E-state index contributed by atoms with van der Waals surface area (Å²) in [4.78, 5) is 10.3. The molecule has 0 unspecified atom stereocenters. The number of halogens is 1. The first-order valence-corrected chi connectivity index (χ1v) is 3.30. The summed E-state index contributed by atoms with van der Waals surface area (Å²) in [5.74, 6) is -0.883. The molecule has 0 aromatic rings. The highest BCUT2D eigenvalue weighted by Gasteiger charge is 2.24. The van der Waals surface area contributed by atoms with Crippen LogP contribution in [0.5, 0.6) is 0 Å². The lowest BCUT2D eigenvalue weighted by Crippen LogP contribution is -2.44. The van der Waals surface area contributed by atoms with E-state index in [9.17, 15) is 9.18 Å². The zero-order chi connectivity index (χ0) is 7.56. The van der Waals surface area contributed by atoms with E-state index >= 15 is 0 Å². The van der Waals surface area contributed by atoms with Crippen LogP contribution in [0.25, 0.3) is 0 Å². The first-order chi connectivity index (χ1) is 4.70. The summed E-state index contributed by atoms with van der Waals surface area (Å²) in [5.41, 5.74) is 0. The predicted octanol–water partition coefficient (Wildman–Crippen LogP) is 0.161. The van der Waals surface area contributed by atoms with Gasteiger partial charge >= 0.3 is 5.97 Å². The minimum atomic E-state index is -0.883. The van der Waals surface area contributed by atoms with Gasteiger partial charge in [0.1, 0.15) is 12.2 Å². The van der Waals surface area contributed by atoms with Crippen LogP contribution >= 0.6 is 0 Å². The molecule has 0 bridgehead atoms. The number of carboxylic acids is 1. The molecule has 3 nitrogen and oxygen atoms in total. The average molecular weight is 147 g/mol. The van der Waals surface area contributed by atoms with Gasteiger partial charge in [-0.3, -0.25) is 4.79 Å². The molecule has 0 aromatic carbocycles. The third-order valence-corrected chi connectivity index (χ3v) is 1.65. The molecule has 0 radical (unpaired) electrons. The molecular weight excluding hydrogens is 137 g/mol. The fourth-order valence-corrected chi connectivity index (χ4v) is 1.03. The van der Waals surface area contributed by atoms with Crippen LogP contribution in [0.4, 0.5) is 4.39 Å². The molecule has 1 aliphatic rings. The van der Waals surface area contributed by atoms with Crippen molar-refractivity contribution in [3.8, 4) is 0 Å². The quantitative estimate of drug-likeness (QED) is 0.555. The van der Waals surface area contributed by atoms with Crippen LogP contribution in [0, 0.1) is 0 Å². The molecule has 0 aliphatic carbocycles. The number of rotatable bonds is 1. The first kappa shape index (κ1) is 7.47. The van der Waals surface area contributed by atoms with E-state index < -0.39 is 18.2 Å². The lowest BCUT2D eigenvalue weighted by atomic mass is 10.0. The number of carbonyl (C=O) groups is 1. The number of hydrogen-bond acceptors (Lipinski definition) is 2. The van der Waals surface area contributed by atoms with Crippen molar-refractivity contribution in [2.75, 3.05) is 6.54 Å². The minimum absolute atomic E-state index is 0.178. The van der Waals surface area contributed by atoms with Crippen molar-refractivity contribution in [1.29, 1.82) is 0 Å². The summed E-state index contributed by atoms with van der Waals surface area (Å²) >= 11 is 0. The third-order valence-electron chi connectivity index (χ3n) is 1.65. The Bertz CT molecular complexity index is 132. The Morgan fingerprint density at radius 3 is 2.70 bits per heavy atom. The smallest absolute Gasteiger partial charge is 0.320 e. The Morgan fingerprint density at radius 2 is 2.30 bits per heavy atom. The van der Waals surface area contributed by atoms with Gasteiger partial charge in [0.05, 0.1) is 0 Å². The van der Waals surface area contributed by atoms with Gasteiger partial charge in [-0.2, -0.15) is 0 Å². The number of aliphatic carboxylic acids is 1. The van der Waals surface area contributed by atoms with Crippen molar-refractivity contribution < 1.29 is 14.3 Å². The van der Waals surface area contributed by atoms with Crippen LogP contribution in [0.1, 0.15) is 12.8 Å². The number of carboxylic acid groups (broad SMARTS) is 1. The molecule has 1 aliphatic heterocycles. The number of piperidine rings is 1. The number of hydrogen-bond donors (Lipinski definition) is 2. The van der Waals surface area contributed by atoms with Crippen molar-refractivity contribution in [3.63, 3.8) is 0 Å². The van der Waals surface area contributed by atoms with Gasteiger partial charge in [0.15, 0.2) is 0 Å². The zero-order valence-electron chi connectivity index (χ0n) is 5.51. The van der Waals surface area contributed by atoms with Gasteiger partial charge in [-0.1, -0.05) is 0 Å². The summed E-state index contributed by atoms with van der Waals surface area (Å²) in [6, 6.07) is -0.535. The topological polar surface area (TPSA) is 49.3 Å². The van der Waals surface area contributed by atoms with Gasteiger partial charge in [0, 0.05) is 6.54 Å². The van der Waals surface area contributed by atoms with Crippen LogP contribution < -0.4 is 5.32 Å². The molecule has 2 N–H and O–H groups in total. The lowest BCUT2D eigenvalue weighted by molar-refractivity contribution is -0.140. The summed E-state index contributed by atoms with van der Waals surface area (Å²) in [5, 5.41) is 11.0. The molecule has 0 aromatic heterocycles. The molecule has 1 saturated heterocycles. The zero-order valence-corrected chi connectivity index (χ0v) is 5.51. The van der Waals surface area contributed by atoms with E-state index in [1.54, 1.807) is 0 Å². The van der Waals surface area contributed by atoms with Gasteiger partial charge in [-0.05, 0) is 12.8 Å². The molecule has 0 amide bonds. The molecule has 1 rings (SSSR count). The molecule has 0 saturated carbocycles. The van der Waals surface area contributed by atoms with Crippen molar-refractivity contribution in [2.45, 2.75) is 25.1 Å². The summed E-state index contributed by atoms with van der Waals surface area (Å²) in [6.07, 6.45) is -0.101. The van der Waals surface area contributed by atoms with Gasteiger partial charge in [-0.15, -0.1) is 0 Å². The Labute approximate surface area is 58.2 Å². The van der Waals surface area contributed by atoms with Crippen molar-refractivity contribution in [1.82, 2.24) is 5.32 Å². The molecule has 1 heterocycles. The van der Waals surface area contributed by atoms with Crippen molar-refractivity contribution in [3.05, 3.63) is 0 Å². The van der Waals surface area contributed by atoms with Gasteiger partial charge in [-0.25, -0.2) is 4.39 Å². The molecule has 10 heavy (non-hydrogen) atoms. The maximum Gasteiger partial charge on any atom is 0.320 e. The Kier molecular flexibility index (Phi) is 2.21. The van der Waals surface area contributed by atoms with Crippen LogP contribution in [0.2, 0.25) is 0 Å². The van der Waals surface area contributed by atoms with Gasteiger partial charge < -0.3 is 10.4 Å². The molecule has 1 fully saturated rings. The van der Waals surface area contributed by atoms with E-state index in [0.29, 0.717) is 12.8 Å². The normalized spacial score (nSPS) is 33.7. The summed E-state index contributed by atoms with van der Waals surface area (Å²) < 4.78 is 12.4. The van der Waals surface area contributed by atoms with Crippen LogP contribution in [0.15, 0.2) is 0 Å². The minimum Gasteiger partial charge on any atom is -0.480 e. The van der Waals surface area contributed by atoms with E-state index in [2.05, 4.69) is 5.32 Å². The number of nitrogens with one attached hydrogen (secondary N) is 1. The van der Waals surface area contributed by atoms with Crippen LogP contribution in [0.3, 0.4) is 0 Å². The van der Waals surface area contributed by atoms with E-state index in [1.807, 2.05) is 0 Å². The fraction of sp³-hybridized carbons (Fsp3) is 0.833. The Morgan fingerprint density at radius 1 is 1.60 bits per heavy atom. The second kappa shape index (κ2) is 2.96. The highest BCUT2D eigenvalue weighted by Crippen LogP contribution is 2.10. The molecular formula is C6H10FNO2. The summed E-state index contributed by atoms with van der Waals surface area (Å²) in [7, 11) is 0. The number of alkyl halides is 1.